The maximum Gasteiger partial charge on any atom is 0.243 e. The molecule has 0 aliphatic carbocycles. The molecule has 0 radical (unpaired) electrons. The molecular formula is C31H27N5O2S3. The molecule has 1 aromatic heterocycles. The van der Waals surface area contributed by atoms with Gasteiger partial charge in [0.05, 0.1) is 12.1 Å². The van der Waals surface area contributed by atoms with Crippen LogP contribution in [0.2, 0.25) is 0 Å². The Morgan fingerprint density at radius 1 is 0.976 bits per heavy atom. The number of amides is 2. The van der Waals surface area contributed by atoms with E-state index in [1.807, 2.05) is 84.9 Å². The third-order valence-corrected chi connectivity index (χ3v) is 9.15. The molecule has 0 saturated heterocycles. The number of thiophene rings is 1. The first-order valence-electron chi connectivity index (χ1n) is 13.0. The molecule has 0 bridgehead atoms. The Kier molecular flexibility index (Phi) is 8.99. The zero-order valence-electron chi connectivity index (χ0n) is 22.2. The molecule has 0 saturated carbocycles. The normalized spacial score (nSPS) is 12.9. The van der Waals surface area contributed by atoms with Crippen LogP contribution in [-0.2, 0) is 22.6 Å². The first-order chi connectivity index (χ1) is 19.9. The Bertz CT molecular complexity index is 1620. The fraction of sp³-hybridized carbons (Fsp3) is 0.161. The van der Waals surface area contributed by atoms with Gasteiger partial charge in [-0.15, -0.1) is 23.1 Å². The minimum atomic E-state index is -0.569. The van der Waals surface area contributed by atoms with Gasteiger partial charge in [-0.3, -0.25) is 9.59 Å². The zero-order chi connectivity index (χ0) is 28.8. The highest BCUT2D eigenvalue weighted by Crippen LogP contribution is 2.40. The highest BCUT2D eigenvalue weighted by Gasteiger charge is 2.29. The Hall–Kier alpha value is -4.17. The second-order valence-electron chi connectivity index (χ2n) is 9.38. The van der Waals surface area contributed by atoms with E-state index in [-0.39, 0.29) is 11.8 Å². The van der Waals surface area contributed by atoms with E-state index in [0.29, 0.717) is 35.2 Å². The fourth-order valence-corrected chi connectivity index (χ4v) is 7.09. The van der Waals surface area contributed by atoms with Crippen LogP contribution in [-0.4, -0.2) is 28.4 Å². The number of carbonyl (C=O) groups excluding carboxylic acids is 2. The van der Waals surface area contributed by atoms with E-state index < -0.39 is 5.25 Å². The van der Waals surface area contributed by atoms with Crippen LogP contribution in [0, 0.1) is 11.3 Å². The van der Waals surface area contributed by atoms with Crippen molar-refractivity contribution < 1.29 is 9.59 Å². The van der Waals surface area contributed by atoms with Crippen LogP contribution in [0.5, 0.6) is 0 Å². The van der Waals surface area contributed by atoms with Crippen molar-refractivity contribution in [3.05, 3.63) is 106 Å². The molecule has 41 heavy (non-hydrogen) atoms. The quantitative estimate of drug-likeness (QED) is 0.159. The summed E-state index contributed by atoms with van der Waals surface area (Å²) >= 11 is 8.28. The lowest BCUT2D eigenvalue weighted by atomic mass is 10.0. The molecule has 1 aliphatic heterocycles. The molecule has 2 amide bonds. The van der Waals surface area contributed by atoms with E-state index in [1.54, 1.807) is 11.8 Å². The van der Waals surface area contributed by atoms with Crippen molar-refractivity contribution in [2.75, 3.05) is 22.5 Å². The molecule has 10 heteroatoms. The summed E-state index contributed by atoms with van der Waals surface area (Å²) < 4.78 is 0. The monoisotopic (exact) mass is 597 g/mol. The predicted molar refractivity (Wildman–Crippen MR) is 170 cm³/mol. The number of nitriles is 1. The molecule has 5 rings (SSSR count). The van der Waals surface area contributed by atoms with Gasteiger partial charge < -0.3 is 20.9 Å². The first-order valence-corrected chi connectivity index (χ1v) is 15.1. The average Bonchev–Trinajstić information content (AvgIpc) is 3.33. The van der Waals surface area contributed by atoms with Gasteiger partial charge in [0, 0.05) is 34.6 Å². The summed E-state index contributed by atoms with van der Waals surface area (Å²) in [5.74, 6) is -0.221. The SMILES string of the molecule is CC(=O)N1CCc2c(sc(NC(=O)C(Sc3cccc(NC(=S)Nc4ccccc4)c3)c3ccccc3)c2C#N)C1. The summed E-state index contributed by atoms with van der Waals surface area (Å²) in [6, 6.07) is 29.3. The number of hydrogen-bond acceptors (Lipinski definition) is 6. The highest BCUT2D eigenvalue weighted by atomic mass is 32.2. The molecule has 3 N–H and O–H groups in total. The number of para-hydroxylation sites is 1. The summed E-state index contributed by atoms with van der Waals surface area (Å²) in [5.41, 5.74) is 3.94. The van der Waals surface area contributed by atoms with E-state index in [2.05, 4.69) is 22.0 Å². The van der Waals surface area contributed by atoms with Crippen molar-refractivity contribution in [2.45, 2.75) is 30.0 Å². The second kappa shape index (κ2) is 13.0. The van der Waals surface area contributed by atoms with Gasteiger partial charge in [-0.2, -0.15) is 5.26 Å². The van der Waals surface area contributed by atoms with Crippen molar-refractivity contribution >= 4 is 68.6 Å². The molecule has 4 aromatic rings. The van der Waals surface area contributed by atoms with Gasteiger partial charge in [0.25, 0.3) is 0 Å². The largest absolute Gasteiger partial charge is 0.337 e. The molecule has 0 fully saturated rings. The summed E-state index contributed by atoms with van der Waals surface area (Å²) in [7, 11) is 0. The minimum Gasteiger partial charge on any atom is -0.337 e. The fourth-order valence-electron chi connectivity index (χ4n) is 4.56. The van der Waals surface area contributed by atoms with Gasteiger partial charge in [0.1, 0.15) is 16.3 Å². The van der Waals surface area contributed by atoms with Crippen LogP contribution >= 0.6 is 35.3 Å². The lowest BCUT2D eigenvalue weighted by Crippen LogP contribution is -2.33. The number of nitrogens with zero attached hydrogens (tertiary/aromatic N) is 2. The van der Waals surface area contributed by atoms with E-state index in [0.717, 1.165) is 32.3 Å². The van der Waals surface area contributed by atoms with Crippen molar-refractivity contribution in [3.8, 4) is 6.07 Å². The Morgan fingerprint density at radius 2 is 1.66 bits per heavy atom. The van der Waals surface area contributed by atoms with E-state index in [9.17, 15) is 14.9 Å². The van der Waals surface area contributed by atoms with Crippen LogP contribution < -0.4 is 16.0 Å². The standard InChI is InChI=1S/C31H27N5O2S3/c1-20(37)36-16-15-25-26(18-32)30(41-27(25)19-36)35-29(38)28(21-9-4-2-5-10-21)40-24-14-8-13-23(17-24)34-31(39)33-22-11-6-3-7-12-22/h2-14,17,28H,15-16,19H2,1H3,(H,35,38)(H2,33,34,39). The lowest BCUT2D eigenvalue weighted by molar-refractivity contribution is -0.129. The number of benzene rings is 3. The maximum atomic E-state index is 13.8. The van der Waals surface area contributed by atoms with Crippen LogP contribution in [0.3, 0.4) is 0 Å². The van der Waals surface area contributed by atoms with Crippen LogP contribution in [0.25, 0.3) is 0 Å². The Balaban J connectivity index is 1.35. The van der Waals surface area contributed by atoms with Gasteiger partial charge in [-0.05, 0) is 60.1 Å². The Labute approximate surface area is 252 Å². The molecule has 7 nitrogen and oxygen atoms in total. The summed E-state index contributed by atoms with van der Waals surface area (Å²) in [6.45, 7) is 2.57. The summed E-state index contributed by atoms with van der Waals surface area (Å²) in [6.07, 6.45) is 0.599. The van der Waals surface area contributed by atoms with E-state index in [1.165, 1.54) is 23.1 Å². The number of thioether (sulfide) groups is 1. The number of rotatable bonds is 7. The first kappa shape index (κ1) is 28.4. The van der Waals surface area contributed by atoms with Gasteiger partial charge in [0.15, 0.2) is 5.11 Å². The molecule has 2 heterocycles. The van der Waals surface area contributed by atoms with Crippen LogP contribution in [0.4, 0.5) is 16.4 Å². The van der Waals surface area contributed by atoms with Gasteiger partial charge in [-0.25, -0.2) is 0 Å². The Morgan fingerprint density at radius 3 is 2.37 bits per heavy atom. The number of anilines is 3. The molecule has 1 aliphatic rings. The zero-order valence-corrected chi connectivity index (χ0v) is 24.7. The van der Waals surface area contributed by atoms with Gasteiger partial charge in [-0.1, -0.05) is 54.6 Å². The topological polar surface area (TPSA) is 97.3 Å². The van der Waals surface area contributed by atoms with Crippen LogP contribution in [0.15, 0.2) is 89.8 Å². The lowest BCUT2D eigenvalue weighted by Gasteiger charge is -2.25. The predicted octanol–water partition coefficient (Wildman–Crippen LogP) is 6.81. The molecular weight excluding hydrogens is 571 g/mol. The van der Waals surface area contributed by atoms with Crippen molar-refractivity contribution in [1.82, 2.24) is 4.90 Å². The summed E-state index contributed by atoms with van der Waals surface area (Å²) in [4.78, 5) is 29.3. The molecule has 206 valence electrons. The second-order valence-corrected chi connectivity index (χ2v) is 12.1. The van der Waals surface area contributed by atoms with E-state index in [4.69, 9.17) is 12.2 Å². The van der Waals surface area contributed by atoms with Gasteiger partial charge in [0.2, 0.25) is 11.8 Å². The smallest absolute Gasteiger partial charge is 0.243 e. The van der Waals surface area contributed by atoms with Crippen LogP contribution in [0.1, 0.15) is 33.7 Å². The number of hydrogen-bond donors (Lipinski definition) is 3. The number of fused-ring (bicyclic) bond motifs is 1. The summed E-state index contributed by atoms with van der Waals surface area (Å²) in [5, 5.41) is 19.8. The average molecular weight is 598 g/mol. The third-order valence-electron chi connectivity index (χ3n) is 6.57. The van der Waals surface area contributed by atoms with Crippen molar-refractivity contribution in [2.24, 2.45) is 0 Å². The molecule has 3 aromatic carbocycles. The maximum absolute atomic E-state index is 13.8. The molecule has 1 atom stereocenters. The van der Waals surface area contributed by atoms with Gasteiger partial charge >= 0.3 is 0 Å². The van der Waals surface area contributed by atoms with Crippen molar-refractivity contribution in [1.29, 1.82) is 5.26 Å². The highest BCUT2D eigenvalue weighted by molar-refractivity contribution is 8.00. The minimum absolute atomic E-state index is 0.00187. The number of nitrogens with one attached hydrogen (secondary N) is 3. The number of carbonyl (C=O) groups is 2. The molecule has 0 spiro atoms. The third kappa shape index (κ3) is 6.95. The van der Waals surface area contributed by atoms with Crippen molar-refractivity contribution in [3.63, 3.8) is 0 Å². The van der Waals surface area contributed by atoms with E-state index >= 15 is 0 Å². The number of thiocarbonyl (C=S) groups is 1. The molecule has 1 unspecified atom stereocenters.